The summed E-state index contributed by atoms with van der Waals surface area (Å²) in [6.07, 6.45) is 0.0692. The Kier molecular flexibility index (Phi) is 5.95. The van der Waals surface area contributed by atoms with E-state index in [1.807, 2.05) is 12.1 Å². The average molecular weight is 339 g/mol. The van der Waals surface area contributed by atoms with E-state index in [4.69, 9.17) is 16.3 Å². The van der Waals surface area contributed by atoms with E-state index in [0.717, 1.165) is 5.56 Å². The van der Waals surface area contributed by atoms with E-state index in [-0.39, 0.29) is 12.2 Å². The van der Waals surface area contributed by atoms with Crippen molar-refractivity contribution >= 4 is 17.4 Å². The number of methoxy groups -OCH3 is 1. The molecule has 0 saturated heterocycles. The van der Waals surface area contributed by atoms with Gasteiger partial charge < -0.3 is 4.74 Å². The number of nitriles is 2. The first-order valence-electron chi connectivity index (χ1n) is 7.31. The van der Waals surface area contributed by atoms with Gasteiger partial charge in [0.1, 0.15) is 11.7 Å². The molecule has 4 nitrogen and oxygen atoms in total. The number of ether oxygens (including phenoxy) is 1. The van der Waals surface area contributed by atoms with Gasteiger partial charge in [-0.3, -0.25) is 4.79 Å². The second kappa shape index (κ2) is 8.15. The summed E-state index contributed by atoms with van der Waals surface area (Å²) in [6, 6.07) is 17.6. The highest BCUT2D eigenvalue weighted by Gasteiger charge is 2.26. The van der Waals surface area contributed by atoms with Crippen molar-refractivity contribution in [1.29, 1.82) is 10.5 Å². The highest BCUT2D eigenvalue weighted by Crippen LogP contribution is 2.30. The number of carbonyl (C=O) groups excluding carboxylic acids is 1. The molecule has 0 unspecified atom stereocenters. The second-order valence-corrected chi connectivity index (χ2v) is 5.69. The molecule has 0 heterocycles. The zero-order valence-electron chi connectivity index (χ0n) is 13.1. The number of rotatable bonds is 6. The van der Waals surface area contributed by atoms with Crippen molar-refractivity contribution in [3.63, 3.8) is 0 Å². The number of hydrogen-bond acceptors (Lipinski definition) is 4. The molecule has 0 N–H and O–H groups in total. The molecule has 0 aliphatic heterocycles. The number of ketones is 1. The minimum absolute atomic E-state index is 0.0692. The third kappa shape index (κ3) is 4.13. The molecule has 0 radical (unpaired) electrons. The average Bonchev–Trinajstić information content (AvgIpc) is 2.62. The van der Waals surface area contributed by atoms with Crippen LogP contribution in [0.3, 0.4) is 0 Å². The van der Waals surface area contributed by atoms with Crippen LogP contribution in [0.4, 0.5) is 0 Å². The van der Waals surface area contributed by atoms with E-state index < -0.39 is 11.8 Å². The molecular weight excluding hydrogens is 324 g/mol. The van der Waals surface area contributed by atoms with Crippen LogP contribution >= 0.6 is 11.6 Å². The van der Waals surface area contributed by atoms with Crippen molar-refractivity contribution in [3.05, 3.63) is 64.7 Å². The van der Waals surface area contributed by atoms with E-state index in [9.17, 15) is 15.3 Å². The van der Waals surface area contributed by atoms with Crippen molar-refractivity contribution in [2.24, 2.45) is 5.92 Å². The third-order valence-corrected chi connectivity index (χ3v) is 4.05. The van der Waals surface area contributed by atoms with Crippen LogP contribution in [0.1, 0.15) is 28.3 Å². The Labute approximate surface area is 145 Å². The van der Waals surface area contributed by atoms with Gasteiger partial charge in [0.25, 0.3) is 0 Å². The molecule has 120 valence electrons. The molecule has 0 fully saturated rings. The Hall–Kier alpha value is -2.82. The lowest BCUT2D eigenvalue weighted by molar-refractivity contribution is 0.0971. The van der Waals surface area contributed by atoms with Crippen molar-refractivity contribution < 1.29 is 9.53 Å². The van der Waals surface area contributed by atoms with Gasteiger partial charge in [0, 0.05) is 22.9 Å². The molecule has 0 aliphatic carbocycles. The van der Waals surface area contributed by atoms with Crippen LogP contribution in [0.5, 0.6) is 5.75 Å². The van der Waals surface area contributed by atoms with Crippen molar-refractivity contribution in [3.8, 4) is 17.9 Å². The molecule has 0 bridgehead atoms. The molecule has 0 saturated carbocycles. The predicted molar refractivity (Wildman–Crippen MR) is 90.9 cm³/mol. The van der Waals surface area contributed by atoms with E-state index in [1.165, 1.54) is 0 Å². The summed E-state index contributed by atoms with van der Waals surface area (Å²) in [6.45, 7) is 0. The van der Waals surface area contributed by atoms with Gasteiger partial charge in [-0.2, -0.15) is 10.5 Å². The normalized spacial score (nSPS) is 11.4. The smallest absolute Gasteiger partial charge is 0.163 e. The van der Waals surface area contributed by atoms with E-state index in [2.05, 4.69) is 0 Å². The Morgan fingerprint density at radius 2 is 1.67 bits per heavy atom. The van der Waals surface area contributed by atoms with Gasteiger partial charge in [0.05, 0.1) is 19.2 Å². The molecule has 0 spiro atoms. The Balaban J connectivity index is 2.29. The van der Waals surface area contributed by atoms with E-state index in [1.54, 1.807) is 55.6 Å². The van der Waals surface area contributed by atoms with E-state index >= 15 is 0 Å². The topological polar surface area (TPSA) is 73.9 Å². The number of Topliss-reactive ketones (excluding diaryl/α,β-unsaturated/α-hetero) is 1. The Bertz CT molecular complexity index is 772. The van der Waals surface area contributed by atoms with Gasteiger partial charge in [0.15, 0.2) is 5.78 Å². The Morgan fingerprint density at radius 1 is 1.08 bits per heavy atom. The van der Waals surface area contributed by atoms with Crippen LogP contribution in [0.15, 0.2) is 48.5 Å². The first-order chi connectivity index (χ1) is 11.6. The monoisotopic (exact) mass is 338 g/mol. The van der Waals surface area contributed by atoms with Gasteiger partial charge in [-0.1, -0.05) is 23.7 Å². The lowest BCUT2D eigenvalue weighted by Crippen LogP contribution is -2.15. The predicted octanol–water partition coefficient (Wildman–Crippen LogP) is 4.37. The standard InChI is InChI=1S/C19H15ClN2O2/c1-24-17-8-4-13(5-9-17)18(15(11-21)12-22)10-19(23)14-2-6-16(20)7-3-14/h2-9,15,18H,10H2,1H3/t18-/m0/s1. The number of hydrogen-bond donors (Lipinski definition) is 0. The SMILES string of the molecule is COc1ccc([C@H](CC(=O)c2ccc(Cl)cc2)C(C#N)C#N)cc1. The molecular formula is C19H15ClN2O2. The molecule has 2 aromatic carbocycles. The number of benzene rings is 2. The first-order valence-corrected chi connectivity index (χ1v) is 7.68. The van der Waals surface area contributed by atoms with Crippen LogP contribution in [-0.4, -0.2) is 12.9 Å². The molecule has 2 aromatic rings. The summed E-state index contributed by atoms with van der Waals surface area (Å²) in [5, 5.41) is 19.1. The third-order valence-electron chi connectivity index (χ3n) is 3.80. The summed E-state index contributed by atoms with van der Waals surface area (Å²) in [7, 11) is 1.56. The maximum Gasteiger partial charge on any atom is 0.163 e. The summed E-state index contributed by atoms with van der Waals surface area (Å²) in [4.78, 5) is 12.5. The van der Waals surface area contributed by atoms with Crippen LogP contribution in [-0.2, 0) is 0 Å². The molecule has 0 aliphatic rings. The van der Waals surface area contributed by atoms with Gasteiger partial charge in [-0.25, -0.2) is 0 Å². The van der Waals surface area contributed by atoms with Crippen LogP contribution < -0.4 is 4.74 Å². The minimum atomic E-state index is -0.908. The number of carbonyl (C=O) groups is 1. The van der Waals surface area contributed by atoms with Crippen molar-refractivity contribution in [1.82, 2.24) is 0 Å². The van der Waals surface area contributed by atoms with Crippen LogP contribution in [0, 0.1) is 28.6 Å². The summed E-state index contributed by atoms with van der Waals surface area (Å²) in [5.41, 5.74) is 1.26. The fraction of sp³-hybridized carbons (Fsp3) is 0.211. The summed E-state index contributed by atoms with van der Waals surface area (Å²) < 4.78 is 5.11. The molecule has 0 aromatic heterocycles. The lowest BCUT2D eigenvalue weighted by atomic mass is 9.83. The van der Waals surface area contributed by atoms with Crippen LogP contribution in [0.25, 0.3) is 0 Å². The number of nitrogens with zero attached hydrogens (tertiary/aromatic N) is 2. The fourth-order valence-corrected chi connectivity index (χ4v) is 2.57. The first kappa shape index (κ1) is 17.5. The maximum absolute atomic E-state index is 12.5. The quantitative estimate of drug-likeness (QED) is 0.733. The van der Waals surface area contributed by atoms with Gasteiger partial charge in [0.2, 0.25) is 0 Å². The van der Waals surface area contributed by atoms with Gasteiger partial charge >= 0.3 is 0 Å². The summed E-state index contributed by atoms with van der Waals surface area (Å²) >= 11 is 5.83. The van der Waals surface area contributed by atoms with Gasteiger partial charge in [-0.15, -0.1) is 0 Å². The Morgan fingerprint density at radius 3 is 2.17 bits per heavy atom. The maximum atomic E-state index is 12.5. The highest BCUT2D eigenvalue weighted by molar-refractivity contribution is 6.30. The van der Waals surface area contributed by atoms with E-state index in [0.29, 0.717) is 16.3 Å². The summed E-state index contributed by atoms with van der Waals surface area (Å²) in [5.74, 6) is -0.876. The van der Waals surface area contributed by atoms with Crippen LogP contribution in [0.2, 0.25) is 5.02 Å². The second-order valence-electron chi connectivity index (χ2n) is 5.25. The lowest BCUT2D eigenvalue weighted by Gasteiger charge is -2.17. The zero-order valence-corrected chi connectivity index (χ0v) is 13.8. The molecule has 1 atom stereocenters. The zero-order chi connectivity index (χ0) is 17.5. The van der Waals surface area contributed by atoms with Gasteiger partial charge in [-0.05, 0) is 42.0 Å². The largest absolute Gasteiger partial charge is 0.497 e. The molecule has 2 rings (SSSR count). The molecule has 24 heavy (non-hydrogen) atoms. The van der Waals surface area contributed by atoms with Crippen molar-refractivity contribution in [2.45, 2.75) is 12.3 Å². The molecule has 5 heteroatoms. The highest BCUT2D eigenvalue weighted by atomic mass is 35.5. The molecule has 0 amide bonds. The fourth-order valence-electron chi connectivity index (χ4n) is 2.44. The number of halogens is 1. The minimum Gasteiger partial charge on any atom is -0.497 e. The van der Waals surface area contributed by atoms with Crippen molar-refractivity contribution in [2.75, 3.05) is 7.11 Å².